The predicted octanol–water partition coefficient (Wildman–Crippen LogP) is 2.29. The van der Waals surface area contributed by atoms with Gasteiger partial charge in [-0.05, 0) is 41.5 Å². The van der Waals surface area contributed by atoms with Crippen molar-refractivity contribution in [2.24, 2.45) is 0 Å². The highest BCUT2D eigenvalue weighted by atomic mass is 16.5. The van der Waals surface area contributed by atoms with E-state index in [1.54, 1.807) is 56.0 Å². The summed E-state index contributed by atoms with van der Waals surface area (Å²) in [6, 6.07) is 16.1. The van der Waals surface area contributed by atoms with Gasteiger partial charge in [0.1, 0.15) is 0 Å². The largest absolute Gasteiger partial charge is 0.867 e. The lowest BCUT2D eigenvalue weighted by Gasteiger charge is -2.14. The van der Waals surface area contributed by atoms with Crippen LogP contribution in [0, 0.1) is 0 Å². The summed E-state index contributed by atoms with van der Waals surface area (Å²) in [7, 11) is 0. The fourth-order valence-electron chi connectivity index (χ4n) is 2.55. The van der Waals surface area contributed by atoms with Gasteiger partial charge in [-0.3, -0.25) is 4.98 Å². The molecule has 0 aliphatic rings. The Labute approximate surface area is 151 Å². The second-order valence-corrected chi connectivity index (χ2v) is 5.49. The summed E-state index contributed by atoms with van der Waals surface area (Å²) in [4.78, 5) is 16.4. The molecule has 0 saturated heterocycles. The molecule has 0 saturated carbocycles. The van der Waals surface area contributed by atoms with Crippen molar-refractivity contribution in [3.05, 3.63) is 84.9 Å². The molecule has 0 unspecified atom stereocenters. The lowest BCUT2D eigenvalue weighted by atomic mass is 10.1. The first-order valence-corrected chi connectivity index (χ1v) is 8.26. The third-order valence-electron chi connectivity index (χ3n) is 3.82. The molecule has 5 nitrogen and oxygen atoms in total. The van der Waals surface area contributed by atoms with Crippen LogP contribution in [0.1, 0.15) is 12.5 Å². The highest BCUT2D eigenvalue weighted by Gasteiger charge is 2.23. The zero-order valence-corrected chi connectivity index (χ0v) is 14.3. The predicted molar refractivity (Wildman–Crippen MR) is 96.1 cm³/mol. The van der Waals surface area contributed by atoms with E-state index in [0.717, 1.165) is 11.1 Å². The maximum absolute atomic E-state index is 12.8. The Kier molecular flexibility index (Phi) is 5.39. The Morgan fingerprint density at radius 2 is 1.62 bits per heavy atom. The van der Waals surface area contributed by atoms with E-state index in [4.69, 9.17) is 4.74 Å². The number of nitrogens with zero attached hydrogens (tertiary/aromatic N) is 2. The van der Waals surface area contributed by atoms with Crippen LogP contribution in [-0.2, 0) is 9.53 Å². The van der Waals surface area contributed by atoms with Gasteiger partial charge in [0.2, 0.25) is 0 Å². The van der Waals surface area contributed by atoms with Crippen LogP contribution in [0.2, 0.25) is 0 Å². The molecule has 0 atom stereocenters. The SMILES string of the molecule is CCOC(=O)/C(=C(/[O-])c1ccccc1)[n+]1ccc(-c2ccncc2)cc1. The van der Waals surface area contributed by atoms with Crippen molar-refractivity contribution in [3.63, 3.8) is 0 Å². The number of ether oxygens (including phenoxy) is 1. The Morgan fingerprint density at radius 3 is 2.23 bits per heavy atom. The molecule has 0 bridgehead atoms. The number of hydrogen-bond donors (Lipinski definition) is 0. The normalized spacial score (nSPS) is 11.6. The number of benzene rings is 1. The first-order valence-electron chi connectivity index (χ1n) is 8.26. The van der Waals surface area contributed by atoms with Gasteiger partial charge in [-0.1, -0.05) is 30.3 Å². The second kappa shape index (κ2) is 8.07. The molecule has 0 spiro atoms. The Hall–Kier alpha value is -3.47. The smallest absolute Gasteiger partial charge is 0.403 e. The van der Waals surface area contributed by atoms with E-state index in [9.17, 15) is 9.90 Å². The number of hydrogen-bond acceptors (Lipinski definition) is 4. The highest BCUT2D eigenvalue weighted by molar-refractivity contribution is 6.13. The minimum absolute atomic E-state index is 0.0423. The van der Waals surface area contributed by atoms with Crippen molar-refractivity contribution in [3.8, 4) is 11.1 Å². The molecule has 0 fully saturated rings. The van der Waals surface area contributed by atoms with E-state index < -0.39 is 5.97 Å². The zero-order valence-electron chi connectivity index (χ0n) is 14.3. The minimum atomic E-state index is -0.650. The standard InChI is InChI=1S/C21H18N2O3/c1-2-26-21(25)19(20(24)18-6-4-3-5-7-18)23-14-10-17(11-15-23)16-8-12-22-13-9-16/h3-15H,2H2,1H3. The van der Waals surface area contributed by atoms with Crippen molar-refractivity contribution < 1.29 is 19.2 Å². The Bertz CT molecular complexity index is 905. The van der Waals surface area contributed by atoms with E-state index >= 15 is 0 Å². The molecule has 0 N–H and O–H groups in total. The van der Waals surface area contributed by atoms with Gasteiger partial charge in [0.15, 0.2) is 12.4 Å². The molecule has 0 aliphatic carbocycles. The van der Waals surface area contributed by atoms with Gasteiger partial charge >= 0.3 is 5.97 Å². The zero-order chi connectivity index (χ0) is 18.4. The molecule has 0 aliphatic heterocycles. The monoisotopic (exact) mass is 346 g/mol. The molecule has 0 radical (unpaired) electrons. The summed E-state index contributed by atoms with van der Waals surface area (Å²) in [5.74, 6) is -1.03. The summed E-state index contributed by atoms with van der Waals surface area (Å²) < 4.78 is 6.59. The van der Waals surface area contributed by atoms with Crippen LogP contribution in [0.4, 0.5) is 0 Å². The molecule has 3 rings (SSSR count). The van der Waals surface area contributed by atoms with E-state index in [1.165, 1.54) is 4.57 Å². The third kappa shape index (κ3) is 3.78. The number of carbonyl (C=O) groups is 1. The van der Waals surface area contributed by atoms with Crippen molar-refractivity contribution >= 4 is 17.4 Å². The quantitative estimate of drug-likeness (QED) is 0.308. The van der Waals surface area contributed by atoms with Crippen molar-refractivity contribution in [1.82, 2.24) is 4.98 Å². The van der Waals surface area contributed by atoms with Gasteiger partial charge in [0.25, 0.3) is 5.70 Å². The molecule has 130 valence electrons. The average Bonchev–Trinajstić information content (AvgIpc) is 2.70. The van der Waals surface area contributed by atoms with Gasteiger partial charge in [-0.15, -0.1) is 0 Å². The maximum Gasteiger partial charge on any atom is 0.403 e. The Morgan fingerprint density at radius 1 is 1.00 bits per heavy atom. The topological polar surface area (TPSA) is 66.1 Å². The summed E-state index contributed by atoms with van der Waals surface area (Å²) >= 11 is 0. The molecule has 5 heteroatoms. The lowest BCUT2D eigenvalue weighted by Crippen LogP contribution is -2.39. The van der Waals surface area contributed by atoms with Crippen molar-refractivity contribution in [2.75, 3.05) is 6.61 Å². The lowest BCUT2D eigenvalue weighted by molar-refractivity contribution is -0.580. The van der Waals surface area contributed by atoms with E-state index in [0.29, 0.717) is 5.56 Å². The van der Waals surface area contributed by atoms with Gasteiger partial charge in [0.05, 0.1) is 6.61 Å². The van der Waals surface area contributed by atoms with E-state index in [-0.39, 0.29) is 18.1 Å². The summed E-state index contributed by atoms with van der Waals surface area (Å²) in [6.07, 6.45) is 6.79. The van der Waals surface area contributed by atoms with Crippen LogP contribution < -0.4 is 9.67 Å². The van der Waals surface area contributed by atoms with Gasteiger partial charge in [-0.2, -0.15) is 4.57 Å². The molecule has 0 amide bonds. The van der Waals surface area contributed by atoms with Crippen LogP contribution in [0.5, 0.6) is 0 Å². The van der Waals surface area contributed by atoms with Crippen LogP contribution in [0.3, 0.4) is 0 Å². The van der Waals surface area contributed by atoms with Crippen LogP contribution >= 0.6 is 0 Å². The van der Waals surface area contributed by atoms with Crippen LogP contribution in [-0.4, -0.2) is 17.6 Å². The van der Waals surface area contributed by atoms with Gasteiger partial charge < -0.3 is 9.84 Å². The van der Waals surface area contributed by atoms with Gasteiger partial charge in [0, 0.05) is 24.5 Å². The maximum atomic E-state index is 12.8. The highest BCUT2D eigenvalue weighted by Crippen LogP contribution is 2.18. The molecule has 2 heterocycles. The number of esters is 1. The van der Waals surface area contributed by atoms with Crippen LogP contribution in [0.25, 0.3) is 22.6 Å². The summed E-state index contributed by atoms with van der Waals surface area (Å²) in [5, 5.41) is 12.8. The first-order chi connectivity index (χ1) is 12.7. The molecular weight excluding hydrogens is 328 g/mol. The second-order valence-electron chi connectivity index (χ2n) is 5.49. The number of pyridine rings is 2. The van der Waals surface area contributed by atoms with E-state index in [1.807, 2.05) is 30.3 Å². The molecule has 2 aromatic heterocycles. The molecule has 1 aromatic carbocycles. The number of rotatable bonds is 5. The van der Waals surface area contributed by atoms with E-state index in [2.05, 4.69) is 4.98 Å². The van der Waals surface area contributed by atoms with Gasteiger partial charge in [-0.25, -0.2) is 4.79 Å². The third-order valence-corrected chi connectivity index (χ3v) is 3.82. The fourth-order valence-corrected chi connectivity index (χ4v) is 2.55. The minimum Gasteiger partial charge on any atom is -0.867 e. The van der Waals surface area contributed by atoms with Crippen LogP contribution in [0.15, 0.2) is 79.4 Å². The Balaban J connectivity index is 2.04. The van der Waals surface area contributed by atoms with Crippen molar-refractivity contribution in [1.29, 1.82) is 0 Å². The summed E-state index contributed by atoms with van der Waals surface area (Å²) in [5.41, 5.74) is 2.35. The first kappa shape index (κ1) is 17.4. The number of aromatic nitrogens is 2. The average molecular weight is 346 g/mol. The van der Waals surface area contributed by atoms with Crippen molar-refractivity contribution in [2.45, 2.75) is 6.92 Å². The molecule has 26 heavy (non-hydrogen) atoms. The molecular formula is C21H18N2O3. The number of carbonyl (C=O) groups excluding carboxylic acids is 1. The summed E-state index contributed by atoms with van der Waals surface area (Å²) in [6.45, 7) is 1.90. The fraction of sp³-hybridized carbons (Fsp3) is 0.0952. The molecule has 3 aromatic rings.